The number of nitrogens with zero attached hydrogens (tertiary/aromatic N) is 4. The third kappa shape index (κ3) is 2.63. The van der Waals surface area contributed by atoms with Gasteiger partial charge in [0.2, 0.25) is 11.2 Å². The van der Waals surface area contributed by atoms with Gasteiger partial charge in [-0.25, -0.2) is 0 Å². The van der Waals surface area contributed by atoms with Crippen LogP contribution in [0.5, 0.6) is 6.01 Å². The van der Waals surface area contributed by atoms with Crippen LogP contribution in [0.1, 0.15) is 0 Å². The van der Waals surface area contributed by atoms with Crippen LogP contribution in [0.25, 0.3) is 0 Å². The van der Waals surface area contributed by atoms with Crippen LogP contribution in [-0.4, -0.2) is 46.7 Å². The van der Waals surface area contributed by atoms with Crippen molar-refractivity contribution in [3.05, 3.63) is 5.28 Å². The van der Waals surface area contributed by atoms with Gasteiger partial charge in [-0.05, 0) is 11.6 Å². The summed E-state index contributed by atoms with van der Waals surface area (Å²) in [5.41, 5.74) is 0. The van der Waals surface area contributed by atoms with E-state index in [0.717, 1.165) is 24.6 Å². The molecule has 0 unspecified atom stereocenters. The van der Waals surface area contributed by atoms with Crippen LogP contribution in [-0.2, 0) is 0 Å². The Morgan fingerprint density at radius 3 is 2.67 bits per heavy atom. The van der Waals surface area contributed by atoms with Crippen molar-refractivity contribution in [3.8, 4) is 6.01 Å². The first-order valence-electron chi connectivity index (χ1n) is 4.58. The van der Waals surface area contributed by atoms with Gasteiger partial charge in [0.1, 0.15) is 0 Å². The number of aromatic nitrogens is 3. The van der Waals surface area contributed by atoms with Crippen LogP contribution in [0.2, 0.25) is 5.28 Å². The number of hydrogen-bond donors (Lipinski definition) is 0. The molecule has 0 N–H and O–H groups in total. The van der Waals surface area contributed by atoms with E-state index < -0.39 is 0 Å². The van der Waals surface area contributed by atoms with E-state index in [1.165, 1.54) is 7.11 Å². The van der Waals surface area contributed by atoms with E-state index in [-0.39, 0.29) is 11.3 Å². The van der Waals surface area contributed by atoms with Gasteiger partial charge in [0.05, 0.1) is 7.11 Å². The molecule has 82 valence electrons. The average Bonchev–Trinajstić information content (AvgIpc) is 2.29. The lowest BCUT2D eigenvalue weighted by Crippen LogP contribution is -2.34. The fourth-order valence-corrected chi connectivity index (χ4v) is 2.37. The van der Waals surface area contributed by atoms with Gasteiger partial charge in [-0.2, -0.15) is 26.7 Å². The number of methoxy groups -OCH3 is 1. The molecular weight excluding hydrogens is 236 g/mol. The van der Waals surface area contributed by atoms with E-state index in [0.29, 0.717) is 5.95 Å². The molecule has 5 nitrogen and oxygen atoms in total. The van der Waals surface area contributed by atoms with E-state index in [9.17, 15) is 0 Å². The molecule has 0 bridgehead atoms. The normalized spacial score (nSPS) is 16.5. The molecule has 15 heavy (non-hydrogen) atoms. The van der Waals surface area contributed by atoms with Gasteiger partial charge in [0.25, 0.3) is 0 Å². The third-order valence-corrected chi connectivity index (χ3v) is 3.16. The lowest BCUT2D eigenvalue weighted by Gasteiger charge is -2.26. The first-order chi connectivity index (χ1) is 7.29. The second-order valence-corrected chi connectivity index (χ2v) is 4.55. The van der Waals surface area contributed by atoms with Crippen LogP contribution in [0.3, 0.4) is 0 Å². The second kappa shape index (κ2) is 4.85. The molecule has 0 spiro atoms. The Hall–Kier alpha value is -0.750. The molecular formula is C8H11ClN4OS. The summed E-state index contributed by atoms with van der Waals surface area (Å²) >= 11 is 7.70. The molecule has 1 aromatic rings. The van der Waals surface area contributed by atoms with Crippen molar-refractivity contribution < 1.29 is 4.74 Å². The van der Waals surface area contributed by atoms with Gasteiger partial charge < -0.3 is 9.64 Å². The van der Waals surface area contributed by atoms with Gasteiger partial charge in [0, 0.05) is 24.6 Å². The van der Waals surface area contributed by atoms with Crippen molar-refractivity contribution in [2.75, 3.05) is 36.6 Å². The summed E-state index contributed by atoms with van der Waals surface area (Å²) in [5, 5.41) is 0.176. The van der Waals surface area contributed by atoms with Crippen LogP contribution >= 0.6 is 23.4 Å². The molecule has 0 saturated carbocycles. The lowest BCUT2D eigenvalue weighted by molar-refractivity contribution is 0.378. The quantitative estimate of drug-likeness (QED) is 0.779. The highest BCUT2D eigenvalue weighted by molar-refractivity contribution is 7.99. The number of thioether (sulfide) groups is 1. The molecule has 1 aliphatic rings. The average molecular weight is 247 g/mol. The fourth-order valence-electron chi connectivity index (χ4n) is 1.32. The Bertz CT molecular complexity index is 345. The summed E-state index contributed by atoms with van der Waals surface area (Å²) in [6.07, 6.45) is 0. The van der Waals surface area contributed by atoms with Gasteiger partial charge in [-0.1, -0.05) is 0 Å². The zero-order valence-electron chi connectivity index (χ0n) is 8.31. The van der Waals surface area contributed by atoms with Gasteiger partial charge in [-0.3, -0.25) is 0 Å². The Labute approximate surface area is 97.2 Å². The Morgan fingerprint density at radius 2 is 2.00 bits per heavy atom. The summed E-state index contributed by atoms with van der Waals surface area (Å²) in [6, 6.07) is 0.267. The maximum atomic E-state index is 5.77. The van der Waals surface area contributed by atoms with Crippen LogP contribution in [0.4, 0.5) is 5.95 Å². The molecule has 2 rings (SSSR count). The summed E-state index contributed by atoms with van der Waals surface area (Å²) in [4.78, 5) is 14.2. The second-order valence-electron chi connectivity index (χ2n) is 2.99. The van der Waals surface area contributed by atoms with E-state index in [1.54, 1.807) is 0 Å². The molecule has 0 amide bonds. The standard InChI is InChI=1S/C8H11ClN4OS/c1-14-8-11-6(9)10-7(12-8)13-2-4-15-5-3-13/h2-5H2,1H3. The van der Waals surface area contributed by atoms with Crippen LogP contribution < -0.4 is 9.64 Å². The predicted octanol–water partition coefficient (Wildman–Crippen LogP) is 1.09. The van der Waals surface area contributed by atoms with Crippen molar-refractivity contribution in [2.45, 2.75) is 0 Å². The van der Waals surface area contributed by atoms with Crippen molar-refractivity contribution >= 4 is 29.3 Å². The Morgan fingerprint density at radius 1 is 1.27 bits per heavy atom. The van der Waals surface area contributed by atoms with E-state index >= 15 is 0 Å². The van der Waals surface area contributed by atoms with Crippen molar-refractivity contribution in [1.82, 2.24) is 15.0 Å². The summed E-state index contributed by atoms with van der Waals surface area (Å²) in [5.74, 6) is 2.78. The molecule has 1 aliphatic heterocycles. The minimum absolute atomic E-state index is 0.176. The minimum atomic E-state index is 0.176. The molecule has 2 heterocycles. The lowest BCUT2D eigenvalue weighted by atomic mass is 10.5. The monoisotopic (exact) mass is 246 g/mol. The van der Waals surface area contributed by atoms with Crippen molar-refractivity contribution in [2.24, 2.45) is 0 Å². The Balaban J connectivity index is 2.22. The molecule has 7 heteroatoms. The SMILES string of the molecule is COc1nc(Cl)nc(N2CCSCC2)n1. The first-order valence-corrected chi connectivity index (χ1v) is 6.11. The highest BCUT2D eigenvalue weighted by Gasteiger charge is 2.15. The molecule has 0 atom stereocenters. The summed E-state index contributed by atoms with van der Waals surface area (Å²) < 4.78 is 4.95. The molecule has 1 fully saturated rings. The van der Waals surface area contributed by atoms with Crippen LogP contribution in [0.15, 0.2) is 0 Å². The minimum Gasteiger partial charge on any atom is -0.467 e. The van der Waals surface area contributed by atoms with Gasteiger partial charge >= 0.3 is 6.01 Å². The number of halogens is 1. The topological polar surface area (TPSA) is 51.1 Å². The number of hydrogen-bond acceptors (Lipinski definition) is 6. The van der Waals surface area contributed by atoms with Crippen molar-refractivity contribution in [3.63, 3.8) is 0 Å². The Kier molecular flexibility index (Phi) is 3.48. The smallest absolute Gasteiger partial charge is 0.322 e. The molecule has 0 aromatic carbocycles. The van der Waals surface area contributed by atoms with Crippen molar-refractivity contribution in [1.29, 1.82) is 0 Å². The number of rotatable bonds is 2. The molecule has 0 aliphatic carbocycles. The summed E-state index contributed by atoms with van der Waals surface area (Å²) in [6.45, 7) is 1.88. The number of anilines is 1. The molecule has 0 radical (unpaired) electrons. The maximum absolute atomic E-state index is 5.77. The highest BCUT2D eigenvalue weighted by atomic mass is 35.5. The maximum Gasteiger partial charge on any atom is 0.322 e. The highest BCUT2D eigenvalue weighted by Crippen LogP contribution is 2.18. The van der Waals surface area contributed by atoms with Gasteiger partial charge in [0.15, 0.2) is 0 Å². The van der Waals surface area contributed by atoms with Gasteiger partial charge in [-0.15, -0.1) is 0 Å². The number of ether oxygens (including phenoxy) is 1. The zero-order chi connectivity index (χ0) is 10.7. The third-order valence-electron chi connectivity index (χ3n) is 2.05. The largest absolute Gasteiger partial charge is 0.467 e. The van der Waals surface area contributed by atoms with E-state index in [1.807, 2.05) is 11.8 Å². The van der Waals surface area contributed by atoms with E-state index in [4.69, 9.17) is 16.3 Å². The van der Waals surface area contributed by atoms with Crippen LogP contribution in [0, 0.1) is 0 Å². The molecule has 1 saturated heterocycles. The zero-order valence-corrected chi connectivity index (χ0v) is 9.88. The van der Waals surface area contributed by atoms with E-state index in [2.05, 4.69) is 19.9 Å². The molecule has 1 aromatic heterocycles. The summed E-state index contributed by atoms with van der Waals surface area (Å²) in [7, 11) is 1.52. The fraction of sp³-hybridized carbons (Fsp3) is 0.625. The predicted molar refractivity (Wildman–Crippen MR) is 60.9 cm³/mol. The first kappa shape index (κ1) is 10.8.